The van der Waals surface area contributed by atoms with Crippen molar-refractivity contribution in [3.63, 3.8) is 0 Å². The average Bonchev–Trinajstić information content (AvgIpc) is 3.03. The summed E-state index contributed by atoms with van der Waals surface area (Å²) in [6.07, 6.45) is -3.51. The summed E-state index contributed by atoms with van der Waals surface area (Å²) < 4.78 is 134. The molecule has 0 bridgehead atoms. The predicted molar refractivity (Wildman–Crippen MR) is 163 cm³/mol. The van der Waals surface area contributed by atoms with Crippen LogP contribution in [-0.4, -0.2) is 6.36 Å². The first-order valence-corrected chi connectivity index (χ1v) is 14.5. The van der Waals surface area contributed by atoms with E-state index in [1.54, 1.807) is 12.1 Å². The van der Waals surface area contributed by atoms with Crippen molar-refractivity contribution in [2.75, 3.05) is 0 Å². The minimum absolute atomic E-state index is 0.0251. The Morgan fingerprint density at radius 1 is 0.562 bits per heavy atom. The largest absolute Gasteiger partial charge is 0.573 e. The molecule has 0 atom stereocenters. The first-order valence-electron chi connectivity index (χ1n) is 14.5. The topological polar surface area (TPSA) is 18.5 Å². The van der Waals surface area contributed by atoms with Crippen molar-refractivity contribution in [3.05, 3.63) is 144 Å². The summed E-state index contributed by atoms with van der Waals surface area (Å²) in [6.45, 7) is 1.91. The van der Waals surface area contributed by atoms with Crippen LogP contribution in [0.2, 0.25) is 0 Å². The lowest BCUT2D eigenvalue weighted by Gasteiger charge is -2.19. The summed E-state index contributed by atoms with van der Waals surface area (Å²) in [5.74, 6) is -6.96. The lowest BCUT2D eigenvalue weighted by atomic mass is 9.97. The fourth-order valence-corrected chi connectivity index (χ4v) is 4.98. The highest BCUT2D eigenvalue weighted by Gasteiger charge is 2.35. The number of hydrogen-bond acceptors (Lipinski definition) is 2. The third-order valence-electron chi connectivity index (χ3n) is 7.34. The van der Waals surface area contributed by atoms with E-state index in [4.69, 9.17) is 4.74 Å². The molecule has 5 rings (SSSR count). The van der Waals surface area contributed by atoms with Crippen LogP contribution in [0.25, 0.3) is 33.4 Å². The average molecular weight is 673 g/mol. The van der Waals surface area contributed by atoms with Gasteiger partial charge in [0, 0.05) is 11.1 Å². The van der Waals surface area contributed by atoms with Crippen LogP contribution in [0.1, 0.15) is 24.5 Å². The van der Waals surface area contributed by atoms with Crippen LogP contribution < -0.4 is 9.47 Å². The summed E-state index contributed by atoms with van der Waals surface area (Å²) >= 11 is 0. The van der Waals surface area contributed by atoms with Gasteiger partial charge in [-0.25, -0.2) is 17.6 Å². The zero-order valence-corrected chi connectivity index (χ0v) is 25.0. The molecule has 0 N–H and O–H groups in total. The number of benzene rings is 5. The molecule has 11 heteroatoms. The molecule has 0 unspecified atom stereocenters. The van der Waals surface area contributed by atoms with E-state index < -0.39 is 47.1 Å². The smallest absolute Gasteiger partial charge is 0.429 e. The lowest BCUT2D eigenvalue weighted by Crippen LogP contribution is -2.21. The number of hydrogen-bond donors (Lipinski definition) is 0. The van der Waals surface area contributed by atoms with Gasteiger partial charge in [-0.3, -0.25) is 0 Å². The number of halogens is 9. The van der Waals surface area contributed by atoms with E-state index in [9.17, 15) is 30.7 Å². The minimum Gasteiger partial charge on any atom is -0.429 e. The van der Waals surface area contributed by atoms with Crippen molar-refractivity contribution in [1.82, 2.24) is 0 Å². The van der Waals surface area contributed by atoms with Crippen LogP contribution in [0.3, 0.4) is 0 Å². The molecule has 248 valence electrons. The second-order valence-corrected chi connectivity index (χ2v) is 10.7. The fraction of sp³-hybridized carbons (Fsp3) is 0.135. The van der Waals surface area contributed by atoms with Crippen molar-refractivity contribution >= 4 is 0 Å². The molecule has 0 spiro atoms. The van der Waals surface area contributed by atoms with Crippen LogP contribution in [0, 0.1) is 23.3 Å². The van der Waals surface area contributed by atoms with Crippen molar-refractivity contribution in [3.8, 4) is 44.9 Å². The number of aryl methyl sites for hydroxylation is 1. The van der Waals surface area contributed by atoms with Crippen LogP contribution in [0.15, 0.2) is 109 Å². The molecule has 48 heavy (non-hydrogen) atoms. The Hall–Kier alpha value is -5.19. The molecule has 0 aliphatic carbocycles. The standard InChI is InChI=1S/C37H25F9O2/c1-2-3-4-5-22-6-12-27(13-7-22)36(42,43)47-28-14-8-23(9-15-28)24-10-16-29(31(38)18-24)25-11-17-30(32(39)19-25)26-20-33(40)35(34(41)21-26)48-37(44,45)46/h2-3,6-21H,4-5H2,1H3. The van der Waals surface area contributed by atoms with E-state index >= 15 is 8.78 Å². The molecule has 0 amide bonds. The van der Waals surface area contributed by atoms with E-state index in [-0.39, 0.29) is 28.0 Å². The minimum atomic E-state index is -5.34. The van der Waals surface area contributed by atoms with Gasteiger partial charge in [0.05, 0.1) is 5.56 Å². The number of allylic oxidation sites excluding steroid dienone is 2. The molecule has 5 aromatic carbocycles. The van der Waals surface area contributed by atoms with Gasteiger partial charge < -0.3 is 9.47 Å². The molecule has 0 aromatic heterocycles. The molecule has 2 nitrogen and oxygen atoms in total. The molecule has 0 aliphatic rings. The Labute approximate surface area is 269 Å². The van der Waals surface area contributed by atoms with Crippen LogP contribution in [-0.2, 0) is 12.5 Å². The Kier molecular flexibility index (Phi) is 9.88. The van der Waals surface area contributed by atoms with Crippen LogP contribution >= 0.6 is 0 Å². The highest BCUT2D eigenvalue weighted by Crippen LogP contribution is 2.37. The van der Waals surface area contributed by atoms with E-state index in [1.165, 1.54) is 54.6 Å². The SMILES string of the molecule is CC=CCCc1ccc(C(F)(F)Oc2ccc(-c3ccc(-c4ccc(-c5cc(F)c(OC(F)(F)F)c(F)c5)c(F)c4)c(F)c3)cc2)cc1. The molecule has 0 heterocycles. The van der Waals surface area contributed by atoms with E-state index in [2.05, 4.69) is 4.74 Å². The van der Waals surface area contributed by atoms with Gasteiger partial charge in [0.2, 0.25) is 5.75 Å². The summed E-state index contributed by atoms with van der Waals surface area (Å²) in [5.41, 5.74) is 0.750. The Morgan fingerprint density at radius 2 is 1.08 bits per heavy atom. The molecule has 0 saturated carbocycles. The number of alkyl halides is 5. The molecule has 0 fully saturated rings. The third kappa shape index (κ3) is 8.02. The maximum Gasteiger partial charge on any atom is 0.573 e. The normalized spacial score (nSPS) is 12.0. The molecule has 0 saturated heterocycles. The molecular weight excluding hydrogens is 647 g/mol. The van der Waals surface area contributed by atoms with Crippen LogP contribution in [0.5, 0.6) is 11.5 Å². The Balaban J connectivity index is 1.29. The lowest BCUT2D eigenvalue weighted by molar-refractivity contribution is -0.276. The summed E-state index contributed by atoms with van der Waals surface area (Å²) in [6, 6.07) is 19.8. The van der Waals surface area contributed by atoms with Crippen molar-refractivity contribution in [2.24, 2.45) is 0 Å². The van der Waals surface area contributed by atoms with Gasteiger partial charge in [-0.2, -0.15) is 8.78 Å². The van der Waals surface area contributed by atoms with Gasteiger partial charge >= 0.3 is 12.5 Å². The van der Waals surface area contributed by atoms with Crippen molar-refractivity contribution in [2.45, 2.75) is 32.2 Å². The number of rotatable bonds is 10. The zero-order chi connectivity index (χ0) is 34.6. The summed E-state index contributed by atoms with van der Waals surface area (Å²) in [7, 11) is 0. The fourth-order valence-electron chi connectivity index (χ4n) is 4.98. The highest BCUT2D eigenvalue weighted by atomic mass is 19.4. The van der Waals surface area contributed by atoms with Crippen molar-refractivity contribution in [1.29, 1.82) is 0 Å². The van der Waals surface area contributed by atoms with Gasteiger partial charge in [-0.05, 0) is 96.1 Å². The second-order valence-electron chi connectivity index (χ2n) is 10.7. The summed E-state index contributed by atoms with van der Waals surface area (Å²) in [4.78, 5) is 0. The molecule has 5 aromatic rings. The monoisotopic (exact) mass is 672 g/mol. The maximum atomic E-state index is 15.2. The summed E-state index contributed by atoms with van der Waals surface area (Å²) in [5, 5.41) is 0. The first-order chi connectivity index (χ1) is 22.7. The van der Waals surface area contributed by atoms with Crippen LogP contribution in [0.4, 0.5) is 39.5 Å². The maximum absolute atomic E-state index is 15.2. The first kappa shape index (κ1) is 34.2. The number of ether oxygens (including phenoxy) is 2. The van der Waals surface area contributed by atoms with E-state index in [0.29, 0.717) is 23.3 Å². The zero-order valence-electron chi connectivity index (χ0n) is 25.0. The molecular formula is C37H25F9O2. The second kappa shape index (κ2) is 13.9. The van der Waals surface area contributed by atoms with Gasteiger partial charge in [0.15, 0.2) is 11.6 Å². The van der Waals surface area contributed by atoms with Gasteiger partial charge in [-0.15, -0.1) is 13.2 Å². The third-order valence-corrected chi connectivity index (χ3v) is 7.34. The quantitative estimate of drug-likeness (QED) is 0.109. The Bertz CT molecular complexity index is 1910. The van der Waals surface area contributed by atoms with E-state index in [0.717, 1.165) is 36.6 Å². The van der Waals surface area contributed by atoms with Gasteiger partial charge in [0.1, 0.15) is 17.4 Å². The predicted octanol–water partition coefficient (Wildman–Crippen LogP) is 11.8. The van der Waals surface area contributed by atoms with Gasteiger partial charge in [-0.1, -0.05) is 60.7 Å². The molecule has 0 aliphatic heterocycles. The Morgan fingerprint density at radius 3 is 1.65 bits per heavy atom. The molecule has 0 radical (unpaired) electrons. The van der Waals surface area contributed by atoms with Gasteiger partial charge in [0.25, 0.3) is 0 Å². The van der Waals surface area contributed by atoms with E-state index in [1.807, 2.05) is 19.1 Å². The van der Waals surface area contributed by atoms with Crippen molar-refractivity contribution < 1.29 is 49.0 Å². The highest BCUT2D eigenvalue weighted by molar-refractivity contribution is 5.74.